The molecule has 0 fully saturated rings. The summed E-state index contributed by atoms with van der Waals surface area (Å²) in [6, 6.07) is 4.95. The number of nitrogen functional groups attached to an aromatic ring is 2. The minimum absolute atomic E-state index is 0.0466. The van der Waals surface area contributed by atoms with Crippen LogP contribution in [0.5, 0.6) is 0 Å². The van der Waals surface area contributed by atoms with Crippen molar-refractivity contribution in [2.75, 3.05) is 47.8 Å². The summed E-state index contributed by atoms with van der Waals surface area (Å²) in [5.41, 5.74) is 13.0. The van der Waals surface area contributed by atoms with Crippen LogP contribution in [0.3, 0.4) is 0 Å². The molecule has 0 amide bonds. The SMILES string of the molecule is COC(=O)C(CCSSCCC(Nc1nc(N)nc(Cl)c1/N=N\c1ccc(Cl)cc1)C(=O)OC)Nc1nc(N)nc(Cl)c1/N=N\C1=CC=C(Cl)CC1. The van der Waals surface area contributed by atoms with Crippen LogP contribution in [0.1, 0.15) is 25.7 Å². The maximum absolute atomic E-state index is 12.7. The summed E-state index contributed by atoms with van der Waals surface area (Å²) in [4.78, 5) is 41.8. The molecule has 52 heavy (non-hydrogen) atoms. The molecule has 0 bridgehead atoms. The summed E-state index contributed by atoms with van der Waals surface area (Å²) in [7, 11) is 5.49. The van der Waals surface area contributed by atoms with Gasteiger partial charge in [0.2, 0.25) is 11.9 Å². The number of nitrogens with two attached hydrogens (primary N) is 2. The zero-order valence-electron chi connectivity index (χ0n) is 27.6. The van der Waals surface area contributed by atoms with Crippen LogP contribution >= 0.6 is 68.0 Å². The molecule has 276 valence electrons. The molecule has 0 radical (unpaired) electrons. The second-order valence-corrected chi connectivity index (χ2v) is 14.8. The van der Waals surface area contributed by atoms with Gasteiger partial charge < -0.3 is 31.6 Å². The summed E-state index contributed by atoms with van der Waals surface area (Å²) < 4.78 is 10.0. The minimum Gasteiger partial charge on any atom is -0.467 e. The van der Waals surface area contributed by atoms with E-state index in [1.807, 2.05) is 0 Å². The molecule has 6 N–H and O–H groups in total. The first-order valence-corrected chi connectivity index (χ1v) is 19.2. The number of aromatic nitrogens is 4. The van der Waals surface area contributed by atoms with Crippen molar-refractivity contribution in [1.29, 1.82) is 0 Å². The molecular formula is C30H32Cl4N12O4S2. The predicted molar refractivity (Wildman–Crippen MR) is 207 cm³/mol. The van der Waals surface area contributed by atoms with Crippen LogP contribution in [0.2, 0.25) is 15.3 Å². The molecule has 16 nitrogen and oxygen atoms in total. The van der Waals surface area contributed by atoms with E-state index in [0.717, 1.165) is 0 Å². The highest BCUT2D eigenvalue weighted by Gasteiger charge is 2.25. The Labute approximate surface area is 326 Å². The highest BCUT2D eigenvalue weighted by molar-refractivity contribution is 8.76. The van der Waals surface area contributed by atoms with Crippen molar-refractivity contribution in [2.24, 2.45) is 20.5 Å². The van der Waals surface area contributed by atoms with Crippen LogP contribution in [0.15, 0.2) is 67.6 Å². The molecular weight excluding hydrogens is 798 g/mol. The Morgan fingerprint density at radius 1 is 0.750 bits per heavy atom. The number of hydrogen-bond donors (Lipinski definition) is 4. The fraction of sp³-hybridized carbons (Fsp3) is 0.333. The van der Waals surface area contributed by atoms with E-state index >= 15 is 0 Å². The van der Waals surface area contributed by atoms with Crippen LogP contribution in [0.4, 0.5) is 40.6 Å². The molecule has 1 aromatic carbocycles. The number of rotatable bonds is 17. The monoisotopic (exact) mass is 828 g/mol. The van der Waals surface area contributed by atoms with Gasteiger partial charge in [0, 0.05) is 21.6 Å². The van der Waals surface area contributed by atoms with Crippen LogP contribution < -0.4 is 22.1 Å². The normalized spacial score (nSPS) is 14.1. The van der Waals surface area contributed by atoms with Crippen LogP contribution in [0, 0.1) is 0 Å². The number of hydrogen-bond acceptors (Lipinski definition) is 18. The van der Waals surface area contributed by atoms with Crippen molar-refractivity contribution in [3.8, 4) is 0 Å². The number of halogens is 4. The standard InChI is InChI=1S/C30H32Cl4N12O4S2/c1-49-27(47)19(37-25-21(23(33)39-29(35)41-25)45-43-17-7-3-15(31)4-8-17)11-13-51-52-14-12-20(28(48)50-2)38-26-22(24(34)40-30(36)42-26)46-44-18-9-5-16(32)6-10-18/h3-5,7-9,19-20H,6,10-14H2,1-2H3,(H3,35,37,39,41)(H3,36,38,40,42)/b45-43-,46-44-. The van der Waals surface area contributed by atoms with Crippen molar-refractivity contribution in [3.05, 3.63) is 62.5 Å². The molecule has 0 aliphatic heterocycles. The molecule has 0 spiro atoms. The quantitative estimate of drug-likeness (QED) is 0.0329. The van der Waals surface area contributed by atoms with Gasteiger partial charge in [-0.3, -0.25) is 0 Å². The van der Waals surface area contributed by atoms with E-state index in [9.17, 15) is 9.59 Å². The third-order valence-corrected chi connectivity index (χ3v) is 10.4. The van der Waals surface area contributed by atoms with E-state index in [0.29, 0.717) is 58.6 Å². The van der Waals surface area contributed by atoms with E-state index in [-0.39, 0.29) is 45.2 Å². The van der Waals surface area contributed by atoms with Gasteiger partial charge in [-0.25, -0.2) is 9.59 Å². The second-order valence-electron chi connectivity index (χ2n) is 10.4. The highest BCUT2D eigenvalue weighted by Crippen LogP contribution is 2.36. The number of azo groups is 2. The Morgan fingerprint density at radius 3 is 1.71 bits per heavy atom. The van der Waals surface area contributed by atoms with Crippen molar-refractivity contribution in [2.45, 2.75) is 37.8 Å². The summed E-state index contributed by atoms with van der Waals surface area (Å²) in [6.07, 6.45) is 5.34. The third-order valence-electron chi connectivity index (χ3n) is 6.82. The molecule has 3 aromatic rings. The lowest BCUT2D eigenvalue weighted by atomic mass is 10.1. The number of ether oxygens (including phenoxy) is 2. The first-order chi connectivity index (χ1) is 25.0. The number of anilines is 4. The Balaban J connectivity index is 1.37. The third kappa shape index (κ3) is 12.3. The fourth-order valence-corrected chi connectivity index (χ4v) is 7.14. The van der Waals surface area contributed by atoms with Gasteiger partial charge in [0.05, 0.1) is 25.6 Å². The Hall–Kier alpha value is -3.94. The molecule has 0 saturated heterocycles. The number of allylic oxidation sites excluding steroid dienone is 4. The number of nitrogens with one attached hydrogen (secondary N) is 2. The maximum Gasteiger partial charge on any atom is 0.328 e. The van der Waals surface area contributed by atoms with Crippen molar-refractivity contribution in [1.82, 2.24) is 19.9 Å². The van der Waals surface area contributed by atoms with Crippen LogP contribution in [-0.2, 0) is 19.1 Å². The molecule has 2 heterocycles. The van der Waals surface area contributed by atoms with Gasteiger partial charge in [0.15, 0.2) is 33.3 Å². The summed E-state index contributed by atoms with van der Waals surface area (Å²) in [6.45, 7) is 0. The van der Waals surface area contributed by atoms with E-state index in [1.165, 1.54) is 35.8 Å². The van der Waals surface area contributed by atoms with Crippen molar-refractivity contribution >= 4 is 121 Å². The first-order valence-electron chi connectivity index (χ1n) is 15.2. The lowest BCUT2D eigenvalue weighted by Gasteiger charge is -2.19. The van der Waals surface area contributed by atoms with Gasteiger partial charge in [0.1, 0.15) is 12.1 Å². The molecule has 1 aliphatic carbocycles. The lowest BCUT2D eigenvalue weighted by Crippen LogP contribution is -2.32. The van der Waals surface area contributed by atoms with E-state index in [2.05, 4.69) is 51.0 Å². The molecule has 2 atom stereocenters. The average Bonchev–Trinajstić information content (AvgIpc) is 3.11. The van der Waals surface area contributed by atoms with E-state index in [4.69, 9.17) is 67.3 Å². The zero-order valence-corrected chi connectivity index (χ0v) is 32.2. The highest BCUT2D eigenvalue weighted by atomic mass is 35.5. The van der Waals surface area contributed by atoms with Crippen molar-refractivity contribution in [3.63, 3.8) is 0 Å². The summed E-state index contributed by atoms with van der Waals surface area (Å²) >= 11 is 24.6. The van der Waals surface area contributed by atoms with Gasteiger partial charge in [-0.1, -0.05) is 68.0 Å². The molecule has 0 saturated carbocycles. The zero-order chi connectivity index (χ0) is 37.6. The number of carbonyl (C=O) groups is 2. The average molecular weight is 831 g/mol. The maximum atomic E-state index is 12.7. The number of carbonyl (C=O) groups excluding carboxylic acids is 2. The Morgan fingerprint density at radius 2 is 1.25 bits per heavy atom. The molecule has 4 rings (SSSR count). The van der Waals surface area contributed by atoms with E-state index < -0.39 is 24.0 Å². The number of benzene rings is 1. The minimum atomic E-state index is -0.852. The van der Waals surface area contributed by atoms with Crippen molar-refractivity contribution < 1.29 is 19.1 Å². The molecule has 22 heteroatoms. The van der Waals surface area contributed by atoms with Gasteiger partial charge in [-0.05, 0) is 62.1 Å². The predicted octanol–water partition coefficient (Wildman–Crippen LogP) is 8.46. The lowest BCUT2D eigenvalue weighted by molar-refractivity contribution is -0.142. The topological polar surface area (TPSA) is 230 Å². The van der Waals surface area contributed by atoms with Crippen LogP contribution in [0.25, 0.3) is 0 Å². The van der Waals surface area contributed by atoms with Gasteiger partial charge in [0.25, 0.3) is 0 Å². The second kappa shape index (κ2) is 20.3. The fourth-order valence-electron chi connectivity index (χ4n) is 4.24. The van der Waals surface area contributed by atoms with Gasteiger partial charge >= 0.3 is 11.9 Å². The summed E-state index contributed by atoms with van der Waals surface area (Å²) in [5, 5.41) is 24.0. The number of esters is 2. The van der Waals surface area contributed by atoms with Crippen LogP contribution in [-0.4, -0.2) is 69.7 Å². The van der Waals surface area contributed by atoms with Gasteiger partial charge in [-0.15, -0.1) is 10.2 Å². The first kappa shape index (κ1) is 40.8. The Bertz CT molecular complexity index is 1870. The van der Waals surface area contributed by atoms with Gasteiger partial charge in [-0.2, -0.15) is 30.2 Å². The van der Waals surface area contributed by atoms with E-state index in [1.54, 1.807) is 36.4 Å². The number of nitrogens with zero attached hydrogens (tertiary/aromatic N) is 8. The smallest absolute Gasteiger partial charge is 0.328 e. The largest absolute Gasteiger partial charge is 0.467 e. The molecule has 2 unspecified atom stereocenters. The summed E-state index contributed by atoms with van der Waals surface area (Å²) in [5.74, 6) is -0.159. The molecule has 2 aromatic heterocycles. The Kier molecular flexibility index (Phi) is 16.0. The molecule has 1 aliphatic rings. The number of methoxy groups -OCH3 is 2.